The molecule has 214 valence electrons. The molecule has 10 heteroatoms. The first kappa shape index (κ1) is 31.0. The van der Waals surface area contributed by atoms with Crippen LogP contribution in [0.1, 0.15) is 38.3 Å². The van der Waals surface area contributed by atoms with Crippen LogP contribution >= 0.6 is 11.6 Å². The van der Waals surface area contributed by atoms with Gasteiger partial charge in [-0.25, -0.2) is 8.42 Å². The topological polar surface area (TPSA) is 96.0 Å². The monoisotopic (exact) mass is 585 g/mol. The van der Waals surface area contributed by atoms with E-state index in [2.05, 4.69) is 5.32 Å². The number of ether oxygens (including phenoxy) is 1. The van der Waals surface area contributed by atoms with Crippen LogP contribution in [-0.2, 0) is 26.2 Å². The number of carbonyl (C=O) groups is 2. The molecule has 0 saturated heterocycles. The summed E-state index contributed by atoms with van der Waals surface area (Å²) in [7, 11) is -4.16. The lowest BCUT2D eigenvalue weighted by Gasteiger charge is -2.33. The molecule has 2 amide bonds. The van der Waals surface area contributed by atoms with Gasteiger partial charge >= 0.3 is 0 Å². The minimum atomic E-state index is -4.16. The van der Waals surface area contributed by atoms with Crippen LogP contribution in [-0.4, -0.2) is 50.9 Å². The zero-order valence-corrected chi connectivity index (χ0v) is 24.8. The van der Waals surface area contributed by atoms with E-state index >= 15 is 0 Å². The molecule has 3 aromatic rings. The Morgan fingerprint density at radius 2 is 1.55 bits per heavy atom. The molecule has 1 N–H and O–H groups in total. The van der Waals surface area contributed by atoms with Crippen molar-refractivity contribution in [2.75, 3.05) is 24.0 Å². The number of halogens is 1. The van der Waals surface area contributed by atoms with Crippen LogP contribution in [0.15, 0.2) is 77.7 Å². The molecule has 0 aliphatic carbocycles. The number of hydrogen-bond acceptors (Lipinski definition) is 5. The molecule has 0 fully saturated rings. The van der Waals surface area contributed by atoms with Gasteiger partial charge in [0.15, 0.2) is 0 Å². The van der Waals surface area contributed by atoms with Crippen molar-refractivity contribution in [1.29, 1.82) is 0 Å². The Morgan fingerprint density at radius 1 is 0.925 bits per heavy atom. The summed E-state index contributed by atoms with van der Waals surface area (Å²) in [5.41, 5.74) is 2.04. The first-order chi connectivity index (χ1) is 19.1. The molecule has 0 aliphatic heterocycles. The zero-order chi connectivity index (χ0) is 29.3. The van der Waals surface area contributed by atoms with E-state index in [1.165, 1.54) is 17.0 Å². The average molecular weight is 586 g/mol. The molecule has 0 aliphatic rings. The third-order valence-electron chi connectivity index (χ3n) is 6.33. The molecule has 8 nitrogen and oxygen atoms in total. The molecule has 3 rings (SSSR count). The standard InChI is InChI=1S/C30H36ClN3O5S/c1-5-28(30(36)32-6-2)33(20-23-10-12-24(31)13-11-23)29(35)21-34(25-14-8-22(4)9-15-25)40(37,38)27-18-16-26(17-19-27)39-7-3/h8-19,28H,5-7,20-21H2,1-4H3,(H,32,36)/t28-/m0/s1. The maximum atomic E-state index is 14.0. The van der Waals surface area contributed by atoms with E-state index in [1.54, 1.807) is 67.6 Å². The highest BCUT2D eigenvalue weighted by molar-refractivity contribution is 7.92. The van der Waals surface area contributed by atoms with E-state index in [0.717, 1.165) is 15.4 Å². The summed E-state index contributed by atoms with van der Waals surface area (Å²) < 4.78 is 34.4. The lowest BCUT2D eigenvalue weighted by Crippen LogP contribution is -2.52. The van der Waals surface area contributed by atoms with Gasteiger partial charge in [0.2, 0.25) is 11.8 Å². The second-order valence-electron chi connectivity index (χ2n) is 9.22. The molecule has 1 atom stereocenters. The average Bonchev–Trinajstić information content (AvgIpc) is 2.93. The van der Waals surface area contributed by atoms with Crippen molar-refractivity contribution in [3.63, 3.8) is 0 Å². The molecule has 40 heavy (non-hydrogen) atoms. The highest BCUT2D eigenvalue weighted by Crippen LogP contribution is 2.26. The number of likely N-dealkylation sites (N-methyl/N-ethyl adjacent to an activating group) is 1. The van der Waals surface area contributed by atoms with Crippen molar-refractivity contribution in [2.45, 2.75) is 51.6 Å². The number of anilines is 1. The largest absolute Gasteiger partial charge is 0.494 e. The van der Waals surface area contributed by atoms with E-state index < -0.39 is 28.5 Å². The molecule has 0 radical (unpaired) electrons. The van der Waals surface area contributed by atoms with Crippen LogP contribution in [0.4, 0.5) is 5.69 Å². The predicted octanol–water partition coefficient (Wildman–Crippen LogP) is 5.19. The van der Waals surface area contributed by atoms with Crippen molar-refractivity contribution in [2.24, 2.45) is 0 Å². The molecule has 3 aromatic carbocycles. The lowest BCUT2D eigenvalue weighted by atomic mass is 10.1. The smallest absolute Gasteiger partial charge is 0.264 e. The normalized spacial score (nSPS) is 11.9. The number of nitrogens with zero attached hydrogens (tertiary/aromatic N) is 2. The molecule has 0 spiro atoms. The maximum Gasteiger partial charge on any atom is 0.264 e. The van der Waals surface area contributed by atoms with Gasteiger partial charge in [-0.2, -0.15) is 0 Å². The molecule has 0 bridgehead atoms. The van der Waals surface area contributed by atoms with E-state index in [1.807, 2.05) is 20.8 Å². The van der Waals surface area contributed by atoms with Crippen molar-refractivity contribution >= 4 is 39.1 Å². The highest BCUT2D eigenvalue weighted by atomic mass is 35.5. The summed E-state index contributed by atoms with van der Waals surface area (Å²) >= 11 is 6.05. The molecule has 0 saturated carbocycles. The number of carbonyl (C=O) groups excluding carboxylic acids is 2. The van der Waals surface area contributed by atoms with Crippen LogP contribution < -0.4 is 14.4 Å². The van der Waals surface area contributed by atoms with Gasteiger partial charge in [-0.1, -0.05) is 48.4 Å². The summed E-state index contributed by atoms with van der Waals surface area (Å²) in [5, 5.41) is 3.34. The molecule has 0 aromatic heterocycles. The number of benzene rings is 3. The number of nitrogens with one attached hydrogen (secondary N) is 1. The number of amides is 2. The van der Waals surface area contributed by atoms with Gasteiger partial charge in [-0.3, -0.25) is 13.9 Å². The summed E-state index contributed by atoms with van der Waals surface area (Å²) in [5.74, 6) is -0.270. The van der Waals surface area contributed by atoms with E-state index in [-0.39, 0.29) is 17.3 Å². The molecular formula is C30H36ClN3O5S. The Kier molecular flexibility index (Phi) is 11.0. The van der Waals surface area contributed by atoms with Gasteiger partial charge in [0.25, 0.3) is 10.0 Å². The van der Waals surface area contributed by atoms with Crippen LogP contribution in [0.5, 0.6) is 5.75 Å². The minimum Gasteiger partial charge on any atom is -0.494 e. The quantitative estimate of drug-likeness (QED) is 0.298. The van der Waals surface area contributed by atoms with Gasteiger partial charge in [-0.15, -0.1) is 0 Å². The van der Waals surface area contributed by atoms with Gasteiger partial charge in [0, 0.05) is 18.1 Å². The van der Waals surface area contributed by atoms with Crippen molar-refractivity contribution < 1.29 is 22.7 Å². The van der Waals surface area contributed by atoms with Gasteiger partial charge in [0.05, 0.1) is 17.2 Å². The maximum absolute atomic E-state index is 14.0. The van der Waals surface area contributed by atoms with Gasteiger partial charge in [0.1, 0.15) is 18.3 Å². The van der Waals surface area contributed by atoms with Crippen LogP contribution in [0, 0.1) is 6.92 Å². The summed E-state index contributed by atoms with van der Waals surface area (Å²) in [4.78, 5) is 28.4. The first-order valence-electron chi connectivity index (χ1n) is 13.2. The van der Waals surface area contributed by atoms with E-state index in [0.29, 0.717) is 36.0 Å². The number of aryl methyl sites for hydroxylation is 1. The second kappa shape index (κ2) is 14.2. The molecule has 0 heterocycles. The number of hydrogen-bond donors (Lipinski definition) is 1. The lowest BCUT2D eigenvalue weighted by molar-refractivity contribution is -0.140. The SMILES string of the molecule is CCNC(=O)[C@H](CC)N(Cc1ccc(Cl)cc1)C(=O)CN(c1ccc(C)cc1)S(=O)(=O)c1ccc(OCC)cc1. The number of sulfonamides is 1. The number of rotatable bonds is 13. The molecule has 0 unspecified atom stereocenters. The summed E-state index contributed by atoms with van der Waals surface area (Å²) in [6.45, 7) is 7.82. The summed E-state index contributed by atoms with van der Waals surface area (Å²) in [6.07, 6.45) is 0.349. The zero-order valence-electron chi connectivity index (χ0n) is 23.3. The fourth-order valence-corrected chi connectivity index (χ4v) is 5.78. The second-order valence-corrected chi connectivity index (χ2v) is 11.5. The van der Waals surface area contributed by atoms with Crippen LogP contribution in [0.3, 0.4) is 0 Å². The van der Waals surface area contributed by atoms with Crippen molar-refractivity contribution in [3.05, 3.63) is 88.9 Å². The van der Waals surface area contributed by atoms with Crippen LogP contribution in [0.25, 0.3) is 0 Å². The Morgan fingerprint density at radius 3 is 2.10 bits per heavy atom. The highest BCUT2D eigenvalue weighted by Gasteiger charge is 2.33. The summed E-state index contributed by atoms with van der Waals surface area (Å²) in [6, 6.07) is 19.2. The Labute approximate surface area is 241 Å². The fourth-order valence-electron chi connectivity index (χ4n) is 4.24. The van der Waals surface area contributed by atoms with Gasteiger partial charge < -0.3 is 15.0 Å². The van der Waals surface area contributed by atoms with Gasteiger partial charge in [-0.05, 0) is 81.3 Å². The van der Waals surface area contributed by atoms with Crippen LogP contribution in [0.2, 0.25) is 5.02 Å². The van der Waals surface area contributed by atoms with E-state index in [4.69, 9.17) is 16.3 Å². The predicted molar refractivity (Wildman–Crippen MR) is 158 cm³/mol. The van der Waals surface area contributed by atoms with E-state index in [9.17, 15) is 18.0 Å². The minimum absolute atomic E-state index is 0.0179. The Hall–Kier alpha value is -3.56. The fraction of sp³-hybridized carbons (Fsp3) is 0.333. The Balaban J connectivity index is 2.04. The van der Waals surface area contributed by atoms with Crippen molar-refractivity contribution in [1.82, 2.24) is 10.2 Å². The first-order valence-corrected chi connectivity index (χ1v) is 15.1. The third kappa shape index (κ3) is 7.76. The Bertz CT molecular complexity index is 1380. The van der Waals surface area contributed by atoms with Crippen molar-refractivity contribution in [3.8, 4) is 5.75 Å². The molecular weight excluding hydrogens is 550 g/mol. The third-order valence-corrected chi connectivity index (χ3v) is 8.37.